The van der Waals surface area contributed by atoms with Gasteiger partial charge in [-0.05, 0) is 61.5 Å². The van der Waals surface area contributed by atoms with Crippen molar-refractivity contribution in [1.82, 2.24) is 9.80 Å². The molecule has 1 heterocycles. The predicted molar refractivity (Wildman–Crippen MR) is 115 cm³/mol. The number of piperazine rings is 1. The first-order valence-electron chi connectivity index (χ1n) is 9.72. The standard InChI is InChI=1S/C22H26ClFN2OS/c23-19-5-9-21(10-6-19)28-17-16-26-14-12-25(13-15-26)11-1-2-22(27)18-3-7-20(24)8-4-18/h3-10H,1-2,11-17H2. The van der Waals surface area contributed by atoms with Gasteiger partial charge in [-0.3, -0.25) is 9.69 Å². The highest BCUT2D eigenvalue weighted by atomic mass is 35.5. The molecular weight excluding hydrogens is 395 g/mol. The first kappa shape index (κ1) is 21.3. The highest BCUT2D eigenvalue weighted by molar-refractivity contribution is 7.99. The van der Waals surface area contributed by atoms with Crippen LogP contribution < -0.4 is 0 Å². The van der Waals surface area contributed by atoms with Gasteiger partial charge >= 0.3 is 0 Å². The van der Waals surface area contributed by atoms with E-state index in [1.807, 2.05) is 23.9 Å². The molecule has 0 radical (unpaired) electrons. The van der Waals surface area contributed by atoms with Crippen LogP contribution in [-0.4, -0.2) is 60.6 Å². The molecule has 2 aromatic carbocycles. The van der Waals surface area contributed by atoms with E-state index in [-0.39, 0.29) is 11.6 Å². The lowest BCUT2D eigenvalue weighted by molar-refractivity contribution is 0.0964. The highest BCUT2D eigenvalue weighted by Crippen LogP contribution is 2.20. The molecule has 0 bridgehead atoms. The molecule has 6 heteroatoms. The fourth-order valence-electron chi connectivity index (χ4n) is 3.30. The molecule has 3 rings (SSSR count). The van der Waals surface area contributed by atoms with Crippen molar-refractivity contribution < 1.29 is 9.18 Å². The fraction of sp³-hybridized carbons (Fsp3) is 0.409. The summed E-state index contributed by atoms with van der Waals surface area (Å²) in [6, 6.07) is 13.8. The van der Waals surface area contributed by atoms with Crippen LogP contribution >= 0.6 is 23.4 Å². The monoisotopic (exact) mass is 420 g/mol. The number of thioether (sulfide) groups is 1. The average molecular weight is 421 g/mol. The van der Waals surface area contributed by atoms with Crippen LogP contribution in [0.5, 0.6) is 0 Å². The molecule has 0 amide bonds. The molecule has 2 aromatic rings. The quantitative estimate of drug-likeness (QED) is 0.427. The summed E-state index contributed by atoms with van der Waals surface area (Å²) < 4.78 is 12.9. The number of carbonyl (C=O) groups excluding carboxylic acids is 1. The normalized spacial score (nSPS) is 15.6. The summed E-state index contributed by atoms with van der Waals surface area (Å²) in [6.07, 6.45) is 1.37. The predicted octanol–water partition coefficient (Wildman–Crippen LogP) is 4.85. The molecule has 1 aliphatic heterocycles. The van der Waals surface area contributed by atoms with Gasteiger partial charge in [0.1, 0.15) is 5.82 Å². The van der Waals surface area contributed by atoms with Crippen molar-refractivity contribution >= 4 is 29.1 Å². The molecule has 0 saturated carbocycles. The summed E-state index contributed by atoms with van der Waals surface area (Å²) in [4.78, 5) is 18.3. The third kappa shape index (κ3) is 6.89. The zero-order valence-electron chi connectivity index (χ0n) is 15.9. The van der Waals surface area contributed by atoms with Gasteiger partial charge in [0.25, 0.3) is 0 Å². The van der Waals surface area contributed by atoms with Crippen molar-refractivity contribution in [3.8, 4) is 0 Å². The molecule has 0 unspecified atom stereocenters. The van der Waals surface area contributed by atoms with E-state index in [1.165, 1.54) is 17.0 Å². The van der Waals surface area contributed by atoms with Gasteiger partial charge in [0, 0.05) is 60.4 Å². The van der Waals surface area contributed by atoms with E-state index in [1.54, 1.807) is 12.1 Å². The number of carbonyl (C=O) groups is 1. The van der Waals surface area contributed by atoms with Crippen LogP contribution in [0.25, 0.3) is 0 Å². The van der Waals surface area contributed by atoms with Crippen LogP contribution in [0.2, 0.25) is 5.02 Å². The SMILES string of the molecule is O=C(CCCN1CCN(CCSc2ccc(Cl)cc2)CC1)c1ccc(F)cc1. The molecule has 0 aliphatic carbocycles. The number of rotatable bonds is 9. The van der Waals surface area contributed by atoms with E-state index in [2.05, 4.69) is 21.9 Å². The molecule has 1 aliphatic rings. The molecule has 0 atom stereocenters. The second-order valence-electron chi connectivity index (χ2n) is 7.02. The Morgan fingerprint density at radius 3 is 2.18 bits per heavy atom. The number of ketones is 1. The number of benzene rings is 2. The minimum atomic E-state index is -0.305. The molecule has 28 heavy (non-hydrogen) atoms. The van der Waals surface area contributed by atoms with Crippen LogP contribution in [0.3, 0.4) is 0 Å². The summed E-state index contributed by atoms with van der Waals surface area (Å²) >= 11 is 7.78. The Morgan fingerprint density at radius 1 is 0.929 bits per heavy atom. The number of nitrogens with zero attached hydrogens (tertiary/aromatic N) is 2. The zero-order chi connectivity index (χ0) is 19.8. The average Bonchev–Trinajstić information content (AvgIpc) is 2.71. The van der Waals surface area contributed by atoms with Gasteiger partial charge in [-0.2, -0.15) is 0 Å². The number of hydrogen-bond acceptors (Lipinski definition) is 4. The summed E-state index contributed by atoms with van der Waals surface area (Å²) in [5, 5.41) is 0.778. The maximum Gasteiger partial charge on any atom is 0.162 e. The van der Waals surface area contributed by atoms with Gasteiger partial charge in [-0.25, -0.2) is 4.39 Å². The van der Waals surface area contributed by atoms with Crippen LogP contribution in [0.4, 0.5) is 4.39 Å². The van der Waals surface area contributed by atoms with E-state index in [0.29, 0.717) is 12.0 Å². The summed E-state index contributed by atoms with van der Waals surface area (Å²) in [6.45, 7) is 6.29. The van der Waals surface area contributed by atoms with Crippen molar-refractivity contribution in [3.63, 3.8) is 0 Å². The van der Waals surface area contributed by atoms with Gasteiger partial charge in [0.2, 0.25) is 0 Å². The second kappa shape index (κ2) is 11.0. The van der Waals surface area contributed by atoms with Gasteiger partial charge in [0.15, 0.2) is 5.78 Å². The summed E-state index contributed by atoms with van der Waals surface area (Å²) in [5.41, 5.74) is 0.601. The number of Topliss-reactive ketones (excluding diaryl/α,β-unsaturated/α-hetero) is 1. The molecule has 1 saturated heterocycles. The largest absolute Gasteiger partial charge is 0.301 e. The topological polar surface area (TPSA) is 23.6 Å². The lowest BCUT2D eigenvalue weighted by Crippen LogP contribution is -2.47. The molecular formula is C22H26ClFN2OS. The van der Waals surface area contributed by atoms with Crippen molar-refractivity contribution in [2.24, 2.45) is 0 Å². The first-order chi connectivity index (χ1) is 13.6. The van der Waals surface area contributed by atoms with E-state index in [9.17, 15) is 9.18 Å². The maximum atomic E-state index is 12.9. The zero-order valence-corrected chi connectivity index (χ0v) is 17.5. The van der Waals surface area contributed by atoms with Crippen molar-refractivity contribution in [1.29, 1.82) is 0 Å². The van der Waals surface area contributed by atoms with Crippen LogP contribution in [-0.2, 0) is 0 Å². The Balaban J connectivity index is 1.28. The lowest BCUT2D eigenvalue weighted by Gasteiger charge is -2.34. The maximum absolute atomic E-state index is 12.9. The Kier molecular flexibility index (Phi) is 8.34. The number of hydrogen-bond donors (Lipinski definition) is 0. The lowest BCUT2D eigenvalue weighted by atomic mass is 10.1. The third-order valence-electron chi connectivity index (χ3n) is 5.00. The van der Waals surface area contributed by atoms with Gasteiger partial charge in [-0.1, -0.05) is 11.6 Å². The molecule has 0 N–H and O–H groups in total. The summed E-state index contributed by atoms with van der Waals surface area (Å²) in [7, 11) is 0. The minimum absolute atomic E-state index is 0.0952. The third-order valence-corrected chi connectivity index (χ3v) is 6.24. The van der Waals surface area contributed by atoms with Crippen molar-refractivity contribution in [2.75, 3.05) is 45.0 Å². The van der Waals surface area contributed by atoms with Gasteiger partial charge in [-0.15, -0.1) is 11.8 Å². The highest BCUT2D eigenvalue weighted by Gasteiger charge is 2.16. The Labute approximate surface area is 175 Å². The number of halogens is 2. The van der Waals surface area contributed by atoms with E-state index in [0.717, 1.165) is 56.5 Å². The molecule has 3 nitrogen and oxygen atoms in total. The molecule has 150 valence electrons. The van der Waals surface area contributed by atoms with E-state index >= 15 is 0 Å². The van der Waals surface area contributed by atoms with Gasteiger partial charge in [0.05, 0.1) is 0 Å². The first-order valence-corrected chi connectivity index (χ1v) is 11.1. The van der Waals surface area contributed by atoms with E-state index < -0.39 is 0 Å². The van der Waals surface area contributed by atoms with Crippen LogP contribution in [0, 0.1) is 5.82 Å². The van der Waals surface area contributed by atoms with Crippen molar-refractivity contribution in [3.05, 3.63) is 64.9 Å². The fourth-order valence-corrected chi connectivity index (χ4v) is 4.34. The minimum Gasteiger partial charge on any atom is -0.301 e. The summed E-state index contributed by atoms with van der Waals surface area (Å²) in [5.74, 6) is 0.868. The van der Waals surface area contributed by atoms with Gasteiger partial charge < -0.3 is 4.90 Å². The second-order valence-corrected chi connectivity index (χ2v) is 8.62. The Bertz CT molecular complexity index is 746. The smallest absolute Gasteiger partial charge is 0.162 e. The molecule has 0 spiro atoms. The van der Waals surface area contributed by atoms with Crippen LogP contribution in [0.1, 0.15) is 23.2 Å². The van der Waals surface area contributed by atoms with E-state index in [4.69, 9.17) is 11.6 Å². The Hall–Kier alpha value is -1.40. The Morgan fingerprint density at radius 2 is 1.54 bits per heavy atom. The van der Waals surface area contributed by atoms with Crippen molar-refractivity contribution in [2.45, 2.75) is 17.7 Å². The van der Waals surface area contributed by atoms with Crippen LogP contribution in [0.15, 0.2) is 53.4 Å². The molecule has 0 aromatic heterocycles. The molecule has 1 fully saturated rings.